The quantitative estimate of drug-likeness (QED) is 0.832. The minimum absolute atomic E-state index is 0.308. The van der Waals surface area contributed by atoms with E-state index in [-0.39, 0.29) is 0 Å². The Balaban J connectivity index is 1.91. The average molecular weight is 250 g/mol. The molecule has 92 valence electrons. The zero-order valence-electron chi connectivity index (χ0n) is 10.6. The molecule has 1 aromatic rings. The largest absolute Gasteiger partial charge is 0.307 e. The first-order valence-electron chi connectivity index (χ1n) is 6.61. The summed E-state index contributed by atoms with van der Waals surface area (Å²) in [6.07, 6.45) is 5.21. The molecule has 0 bridgehead atoms. The van der Waals surface area contributed by atoms with E-state index in [4.69, 9.17) is 11.6 Å². The van der Waals surface area contributed by atoms with Gasteiger partial charge in [0.25, 0.3) is 0 Å². The van der Waals surface area contributed by atoms with Gasteiger partial charge in [-0.2, -0.15) is 0 Å². The van der Waals surface area contributed by atoms with Gasteiger partial charge in [0.2, 0.25) is 0 Å². The van der Waals surface area contributed by atoms with E-state index in [2.05, 4.69) is 31.3 Å². The van der Waals surface area contributed by atoms with E-state index in [1.165, 1.54) is 30.4 Å². The SMILES string of the molecule is CC1(C)Cc2ccc(Cl)cc2C1NC1CCC1. The van der Waals surface area contributed by atoms with Crippen molar-refractivity contribution in [1.29, 1.82) is 0 Å². The summed E-state index contributed by atoms with van der Waals surface area (Å²) in [5.74, 6) is 0. The molecule has 1 fully saturated rings. The van der Waals surface area contributed by atoms with Crippen LogP contribution in [0.5, 0.6) is 0 Å². The highest BCUT2D eigenvalue weighted by molar-refractivity contribution is 6.30. The second-order valence-electron chi connectivity index (χ2n) is 6.24. The van der Waals surface area contributed by atoms with Crippen molar-refractivity contribution in [2.45, 2.75) is 51.6 Å². The van der Waals surface area contributed by atoms with Crippen molar-refractivity contribution in [3.05, 3.63) is 34.3 Å². The summed E-state index contributed by atoms with van der Waals surface area (Å²) in [4.78, 5) is 0. The van der Waals surface area contributed by atoms with E-state index >= 15 is 0 Å². The number of fused-ring (bicyclic) bond motifs is 1. The van der Waals surface area contributed by atoms with Crippen LogP contribution in [-0.4, -0.2) is 6.04 Å². The smallest absolute Gasteiger partial charge is 0.0409 e. The third-order valence-electron chi connectivity index (χ3n) is 4.35. The lowest BCUT2D eigenvalue weighted by molar-refractivity contribution is 0.209. The highest BCUT2D eigenvalue weighted by Crippen LogP contribution is 2.46. The molecule has 1 aromatic carbocycles. The molecule has 1 saturated carbocycles. The fourth-order valence-electron chi connectivity index (χ4n) is 3.14. The Morgan fingerprint density at radius 2 is 2.06 bits per heavy atom. The Morgan fingerprint density at radius 3 is 2.71 bits per heavy atom. The van der Waals surface area contributed by atoms with Crippen LogP contribution in [0.1, 0.15) is 50.3 Å². The summed E-state index contributed by atoms with van der Waals surface area (Å²) in [6, 6.07) is 7.57. The van der Waals surface area contributed by atoms with Crippen LogP contribution in [0.2, 0.25) is 5.02 Å². The van der Waals surface area contributed by atoms with E-state index in [1.54, 1.807) is 0 Å². The number of nitrogens with one attached hydrogen (secondary N) is 1. The van der Waals surface area contributed by atoms with Crippen LogP contribution in [0.3, 0.4) is 0 Å². The second kappa shape index (κ2) is 4.00. The van der Waals surface area contributed by atoms with Gasteiger partial charge in [-0.15, -0.1) is 0 Å². The predicted molar refractivity (Wildman–Crippen MR) is 72.5 cm³/mol. The van der Waals surface area contributed by atoms with Gasteiger partial charge in [-0.05, 0) is 47.9 Å². The fraction of sp³-hybridized carbons (Fsp3) is 0.600. The van der Waals surface area contributed by atoms with Crippen molar-refractivity contribution < 1.29 is 0 Å². The van der Waals surface area contributed by atoms with Gasteiger partial charge in [0.05, 0.1) is 0 Å². The second-order valence-corrected chi connectivity index (χ2v) is 6.67. The first kappa shape index (κ1) is 11.6. The molecule has 2 heteroatoms. The maximum Gasteiger partial charge on any atom is 0.0409 e. The molecule has 2 aliphatic carbocycles. The van der Waals surface area contributed by atoms with Crippen LogP contribution >= 0.6 is 11.6 Å². The van der Waals surface area contributed by atoms with Gasteiger partial charge in [0, 0.05) is 17.1 Å². The molecule has 0 heterocycles. The Bertz CT molecular complexity index is 435. The Morgan fingerprint density at radius 1 is 1.29 bits per heavy atom. The van der Waals surface area contributed by atoms with Crippen molar-refractivity contribution >= 4 is 11.6 Å². The van der Waals surface area contributed by atoms with Gasteiger partial charge < -0.3 is 5.32 Å². The van der Waals surface area contributed by atoms with E-state index in [0.717, 1.165) is 17.5 Å². The molecule has 0 spiro atoms. The summed E-state index contributed by atoms with van der Waals surface area (Å²) in [7, 11) is 0. The van der Waals surface area contributed by atoms with Crippen LogP contribution in [0.25, 0.3) is 0 Å². The van der Waals surface area contributed by atoms with Gasteiger partial charge >= 0.3 is 0 Å². The molecule has 0 saturated heterocycles. The van der Waals surface area contributed by atoms with Crippen LogP contribution in [0, 0.1) is 5.41 Å². The molecule has 2 aliphatic rings. The molecule has 1 nitrogen and oxygen atoms in total. The standard InChI is InChI=1S/C15H20ClN/c1-15(2)9-10-6-7-11(16)8-13(10)14(15)17-12-4-3-5-12/h6-8,12,14,17H,3-5,9H2,1-2H3. The topological polar surface area (TPSA) is 12.0 Å². The molecular formula is C15H20ClN. The Kier molecular flexibility index (Phi) is 2.72. The number of benzene rings is 1. The van der Waals surface area contributed by atoms with Gasteiger partial charge in [-0.25, -0.2) is 0 Å². The monoisotopic (exact) mass is 249 g/mol. The summed E-state index contributed by atoms with van der Waals surface area (Å²) in [5.41, 5.74) is 3.20. The van der Waals surface area contributed by atoms with E-state index in [0.29, 0.717) is 11.5 Å². The Labute approximate surface area is 109 Å². The van der Waals surface area contributed by atoms with E-state index < -0.39 is 0 Å². The molecule has 1 unspecified atom stereocenters. The third-order valence-corrected chi connectivity index (χ3v) is 4.59. The van der Waals surface area contributed by atoms with Gasteiger partial charge in [-0.3, -0.25) is 0 Å². The van der Waals surface area contributed by atoms with Crippen molar-refractivity contribution in [3.8, 4) is 0 Å². The molecule has 1 N–H and O–H groups in total. The predicted octanol–water partition coefficient (Wildman–Crippen LogP) is 4.11. The highest BCUT2D eigenvalue weighted by Gasteiger charge is 2.40. The minimum Gasteiger partial charge on any atom is -0.307 e. The molecule has 17 heavy (non-hydrogen) atoms. The molecule has 0 aliphatic heterocycles. The maximum absolute atomic E-state index is 6.14. The van der Waals surface area contributed by atoms with Gasteiger partial charge in [0.1, 0.15) is 0 Å². The van der Waals surface area contributed by atoms with Gasteiger partial charge in [0.15, 0.2) is 0 Å². The van der Waals surface area contributed by atoms with Crippen molar-refractivity contribution in [2.24, 2.45) is 5.41 Å². The fourth-order valence-corrected chi connectivity index (χ4v) is 3.32. The molecule has 0 aromatic heterocycles. The van der Waals surface area contributed by atoms with Crippen LogP contribution in [0.15, 0.2) is 18.2 Å². The van der Waals surface area contributed by atoms with Crippen molar-refractivity contribution in [3.63, 3.8) is 0 Å². The van der Waals surface area contributed by atoms with E-state index in [1.807, 2.05) is 6.07 Å². The third kappa shape index (κ3) is 2.00. The summed E-state index contributed by atoms with van der Waals surface area (Å²) in [6.45, 7) is 4.72. The normalized spacial score (nSPS) is 26.6. The number of halogens is 1. The van der Waals surface area contributed by atoms with Crippen LogP contribution < -0.4 is 5.32 Å². The maximum atomic E-state index is 6.14. The number of hydrogen-bond donors (Lipinski definition) is 1. The first-order chi connectivity index (χ1) is 8.06. The lowest BCUT2D eigenvalue weighted by atomic mass is 9.83. The lowest BCUT2D eigenvalue weighted by Gasteiger charge is -2.36. The zero-order chi connectivity index (χ0) is 12.0. The summed E-state index contributed by atoms with van der Waals surface area (Å²) >= 11 is 6.14. The number of rotatable bonds is 2. The minimum atomic E-state index is 0.308. The first-order valence-corrected chi connectivity index (χ1v) is 6.98. The van der Waals surface area contributed by atoms with Crippen LogP contribution in [-0.2, 0) is 6.42 Å². The van der Waals surface area contributed by atoms with Crippen LogP contribution in [0.4, 0.5) is 0 Å². The molecular weight excluding hydrogens is 230 g/mol. The molecule has 1 atom stereocenters. The van der Waals surface area contributed by atoms with Gasteiger partial charge in [-0.1, -0.05) is 37.9 Å². The number of hydrogen-bond acceptors (Lipinski definition) is 1. The lowest BCUT2D eigenvalue weighted by Crippen LogP contribution is -2.42. The Hall–Kier alpha value is -0.530. The zero-order valence-corrected chi connectivity index (χ0v) is 11.3. The summed E-state index contributed by atoms with van der Waals surface area (Å²) < 4.78 is 0. The van der Waals surface area contributed by atoms with Crippen molar-refractivity contribution in [1.82, 2.24) is 5.32 Å². The molecule has 3 rings (SSSR count). The molecule has 0 amide bonds. The summed E-state index contributed by atoms with van der Waals surface area (Å²) in [5, 5.41) is 4.69. The van der Waals surface area contributed by atoms with Crippen molar-refractivity contribution in [2.75, 3.05) is 0 Å². The average Bonchev–Trinajstić information content (AvgIpc) is 2.42. The molecule has 0 radical (unpaired) electrons. The highest BCUT2D eigenvalue weighted by atomic mass is 35.5. The van der Waals surface area contributed by atoms with E-state index in [9.17, 15) is 0 Å².